The fourth-order valence-corrected chi connectivity index (χ4v) is 3.38. The molecule has 3 rings (SSSR count). The molecule has 0 aliphatic heterocycles. The van der Waals surface area contributed by atoms with E-state index in [2.05, 4.69) is 39.7 Å². The maximum atomic E-state index is 12.1. The van der Waals surface area contributed by atoms with E-state index in [0.717, 1.165) is 37.5 Å². The minimum atomic E-state index is 0.151. The number of aromatic nitrogens is 3. The van der Waals surface area contributed by atoms with Crippen LogP contribution in [-0.2, 0) is 17.8 Å². The fourth-order valence-electron chi connectivity index (χ4n) is 3.38. The number of amides is 1. The first kappa shape index (κ1) is 15.7. The van der Waals surface area contributed by atoms with Crippen molar-refractivity contribution < 1.29 is 4.79 Å². The maximum Gasteiger partial charge on any atom is 0.220 e. The van der Waals surface area contributed by atoms with Gasteiger partial charge in [-0.2, -0.15) is 5.10 Å². The van der Waals surface area contributed by atoms with Crippen LogP contribution in [0.5, 0.6) is 0 Å². The zero-order valence-electron chi connectivity index (χ0n) is 13.9. The molecule has 23 heavy (non-hydrogen) atoms. The molecule has 1 heterocycles. The first-order chi connectivity index (χ1) is 11.1. The largest absolute Gasteiger partial charge is 0.356 e. The SMILES string of the molecule is Cc1nc(C)n(CCCNC(=O)CC2CCc3ccccc32)n1. The molecule has 1 amide bonds. The number of nitrogens with one attached hydrogen (secondary N) is 1. The van der Waals surface area contributed by atoms with Gasteiger partial charge in [0.2, 0.25) is 5.91 Å². The molecular weight excluding hydrogens is 288 g/mol. The summed E-state index contributed by atoms with van der Waals surface area (Å²) in [6.45, 7) is 5.32. The molecule has 0 radical (unpaired) electrons. The summed E-state index contributed by atoms with van der Waals surface area (Å²) >= 11 is 0. The highest BCUT2D eigenvalue weighted by molar-refractivity contribution is 5.77. The first-order valence-electron chi connectivity index (χ1n) is 8.36. The number of hydrogen-bond donors (Lipinski definition) is 1. The van der Waals surface area contributed by atoms with Crippen LogP contribution in [0.2, 0.25) is 0 Å². The molecule has 0 fully saturated rings. The van der Waals surface area contributed by atoms with Crippen LogP contribution in [0.15, 0.2) is 24.3 Å². The molecule has 1 atom stereocenters. The highest BCUT2D eigenvalue weighted by Crippen LogP contribution is 2.34. The molecule has 0 saturated carbocycles. The average molecular weight is 312 g/mol. The minimum absolute atomic E-state index is 0.151. The molecule has 1 N–H and O–H groups in total. The molecular formula is C18H24N4O. The highest BCUT2D eigenvalue weighted by Gasteiger charge is 2.23. The summed E-state index contributed by atoms with van der Waals surface area (Å²) in [5.74, 6) is 2.26. The summed E-state index contributed by atoms with van der Waals surface area (Å²) in [6, 6.07) is 8.48. The van der Waals surface area contributed by atoms with Crippen LogP contribution in [-0.4, -0.2) is 27.2 Å². The van der Waals surface area contributed by atoms with Crippen molar-refractivity contribution in [2.24, 2.45) is 0 Å². The predicted octanol–water partition coefficient (Wildman–Crippen LogP) is 2.52. The van der Waals surface area contributed by atoms with Crippen molar-refractivity contribution in [2.45, 2.75) is 52.0 Å². The second-order valence-electron chi connectivity index (χ2n) is 6.27. The molecule has 0 spiro atoms. The van der Waals surface area contributed by atoms with Crippen LogP contribution in [0.25, 0.3) is 0 Å². The first-order valence-corrected chi connectivity index (χ1v) is 8.36. The molecule has 1 unspecified atom stereocenters. The summed E-state index contributed by atoms with van der Waals surface area (Å²) in [5, 5.41) is 7.36. The molecule has 5 heteroatoms. The lowest BCUT2D eigenvalue weighted by Gasteiger charge is -2.12. The third-order valence-electron chi connectivity index (χ3n) is 4.52. The lowest BCUT2D eigenvalue weighted by Crippen LogP contribution is -2.26. The molecule has 0 saturated heterocycles. The number of fused-ring (bicyclic) bond motifs is 1. The molecule has 1 aromatic carbocycles. The molecule has 1 aliphatic rings. The van der Waals surface area contributed by atoms with Gasteiger partial charge in [-0.15, -0.1) is 0 Å². The fraction of sp³-hybridized carbons (Fsp3) is 0.500. The van der Waals surface area contributed by atoms with E-state index < -0.39 is 0 Å². The third-order valence-corrected chi connectivity index (χ3v) is 4.52. The van der Waals surface area contributed by atoms with Crippen molar-refractivity contribution in [1.82, 2.24) is 20.1 Å². The third kappa shape index (κ3) is 3.78. The van der Waals surface area contributed by atoms with Gasteiger partial charge in [-0.25, -0.2) is 4.98 Å². The summed E-state index contributed by atoms with van der Waals surface area (Å²) < 4.78 is 1.90. The van der Waals surface area contributed by atoms with Gasteiger partial charge in [-0.3, -0.25) is 9.48 Å². The number of carbonyl (C=O) groups excluding carboxylic acids is 1. The lowest BCUT2D eigenvalue weighted by atomic mass is 9.97. The van der Waals surface area contributed by atoms with Gasteiger partial charge in [0.25, 0.3) is 0 Å². The topological polar surface area (TPSA) is 59.8 Å². The highest BCUT2D eigenvalue weighted by atomic mass is 16.1. The zero-order chi connectivity index (χ0) is 16.2. The monoisotopic (exact) mass is 312 g/mol. The van der Waals surface area contributed by atoms with E-state index in [1.807, 2.05) is 18.5 Å². The Balaban J connectivity index is 1.41. The van der Waals surface area contributed by atoms with Crippen LogP contribution in [0.1, 0.15) is 48.0 Å². The normalized spacial score (nSPS) is 16.3. The number of benzene rings is 1. The van der Waals surface area contributed by atoms with Gasteiger partial charge >= 0.3 is 0 Å². The lowest BCUT2D eigenvalue weighted by molar-refractivity contribution is -0.121. The van der Waals surface area contributed by atoms with Crippen molar-refractivity contribution in [2.75, 3.05) is 6.54 Å². The summed E-state index contributed by atoms with van der Waals surface area (Å²) in [6.07, 6.45) is 3.65. The Morgan fingerprint density at radius 2 is 2.17 bits per heavy atom. The summed E-state index contributed by atoms with van der Waals surface area (Å²) in [5.41, 5.74) is 2.76. The quantitative estimate of drug-likeness (QED) is 0.834. The van der Waals surface area contributed by atoms with Crippen LogP contribution in [0, 0.1) is 13.8 Å². The molecule has 1 aliphatic carbocycles. The van der Waals surface area contributed by atoms with E-state index in [1.165, 1.54) is 11.1 Å². The Labute approximate surface area is 137 Å². The molecule has 1 aromatic heterocycles. The van der Waals surface area contributed by atoms with Crippen molar-refractivity contribution in [1.29, 1.82) is 0 Å². The van der Waals surface area contributed by atoms with Crippen LogP contribution < -0.4 is 5.32 Å². The number of carbonyl (C=O) groups is 1. The van der Waals surface area contributed by atoms with Crippen LogP contribution >= 0.6 is 0 Å². The Morgan fingerprint density at radius 3 is 2.96 bits per heavy atom. The average Bonchev–Trinajstić information content (AvgIpc) is 3.07. The van der Waals surface area contributed by atoms with Gasteiger partial charge in [-0.1, -0.05) is 24.3 Å². The summed E-state index contributed by atoms with van der Waals surface area (Å²) in [7, 11) is 0. The number of nitrogens with zero attached hydrogens (tertiary/aromatic N) is 3. The van der Waals surface area contributed by atoms with E-state index in [4.69, 9.17) is 0 Å². The second kappa shape index (κ2) is 6.94. The van der Waals surface area contributed by atoms with E-state index in [-0.39, 0.29) is 5.91 Å². The Morgan fingerprint density at radius 1 is 1.35 bits per heavy atom. The standard InChI is InChI=1S/C18H24N4O/c1-13-20-14(2)22(21-13)11-5-10-19-18(23)12-16-9-8-15-6-3-4-7-17(15)16/h3-4,6-7,16H,5,8-12H2,1-2H3,(H,19,23). The van der Waals surface area contributed by atoms with Crippen molar-refractivity contribution in [3.63, 3.8) is 0 Å². The molecule has 2 aromatic rings. The number of aryl methyl sites for hydroxylation is 4. The number of hydrogen-bond acceptors (Lipinski definition) is 3. The summed E-state index contributed by atoms with van der Waals surface area (Å²) in [4.78, 5) is 16.4. The molecule has 5 nitrogen and oxygen atoms in total. The van der Waals surface area contributed by atoms with E-state index >= 15 is 0 Å². The maximum absolute atomic E-state index is 12.1. The van der Waals surface area contributed by atoms with Crippen LogP contribution in [0.3, 0.4) is 0 Å². The van der Waals surface area contributed by atoms with Crippen molar-refractivity contribution in [3.05, 3.63) is 47.0 Å². The predicted molar refractivity (Wildman–Crippen MR) is 89.2 cm³/mol. The van der Waals surface area contributed by atoms with Gasteiger partial charge in [0.05, 0.1) is 0 Å². The Bertz CT molecular complexity index is 692. The van der Waals surface area contributed by atoms with Crippen molar-refractivity contribution >= 4 is 5.91 Å². The Hall–Kier alpha value is -2.17. The number of rotatable bonds is 6. The Kier molecular flexibility index (Phi) is 4.74. The second-order valence-corrected chi connectivity index (χ2v) is 6.27. The van der Waals surface area contributed by atoms with Gasteiger partial charge in [0.1, 0.15) is 11.6 Å². The molecule has 122 valence electrons. The van der Waals surface area contributed by atoms with Gasteiger partial charge in [0.15, 0.2) is 0 Å². The van der Waals surface area contributed by atoms with Gasteiger partial charge < -0.3 is 5.32 Å². The smallest absolute Gasteiger partial charge is 0.220 e. The van der Waals surface area contributed by atoms with E-state index in [0.29, 0.717) is 18.9 Å². The molecule has 0 bridgehead atoms. The van der Waals surface area contributed by atoms with E-state index in [9.17, 15) is 4.79 Å². The van der Waals surface area contributed by atoms with Crippen LogP contribution in [0.4, 0.5) is 0 Å². The van der Waals surface area contributed by atoms with Crippen molar-refractivity contribution in [3.8, 4) is 0 Å². The van der Waals surface area contributed by atoms with E-state index in [1.54, 1.807) is 0 Å². The van der Waals surface area contributed by atoms with Gasteiger partial charge in [-0.05, 0) is 50.2 Å². The minimum Gasteiger partial charge on any atom is -0.356 e. The zero-order valence-corrected chi connectivity index (χ0v) is 13.9. The van der Waals surface area contributed by atoms with Gasteiger partial charge in [0, 0.05) is 19.5 Å².